The first-order valence-electron chi connectivity index (χ1n) is 9.10. The van der Waals surface area contributed by atoms with Crippen LogP contribution in [-0.2, 0) is 9.53 Å². The van der Waals surface area contributed by atoms with Crippen molar-refractivity contribution in [3.63, 3.8) is 0 Å². The maximum atomic E-state index is 12.8. The lowest BCUT2D eigenvalue weighted by molar-refractivity contribution is -0.130. The minimum absolute atomic E-state index is 0.141. The van der Waals surface area contributed by atoms with E-state index in [1.165, 1.54) is 0 Å². The largest absolute Gasteiger partial charge is 0.481 e. The second kappa shape index (κ2) is 9.22. The number of nitrogens with zero attached hydrogens (tertiary/aromatic N) is 1. The minimum atomic E-state index is -0.622. The molecule has 1 N–H and O–H groups in total. The molecule has 27 heavy (non-hydrogen) atoms. The molecule has 0 saturated carbocycles. The molecule has 0 radical (unpaired) electrons. The highest BCUT2D eigenvalue weighted by Gasteiger charge is 2.31. The second-order valence-electron chi connectivity index (χ2n) is 6.78. The molecule has 2 aromatic carbocycles. The van der Waals surface area contributed by atoms with Crippen LogP contribution in [0.3, 0.4) is 0 Å². The number of para-hydroxylation sites is 1. The number of benzene rings is 2. The molecule has 1 saturated heterocycles. The highest BCUT2D eigenvalue weighted by Crippen LogP contribution is 2.24. The van der Waals surface area contributed by atoms with Gasteiger partial charge >= 0.3 is 0 Å². The standard InChI is InChI=1S/C21H25ClN2O3/c1-15(27-18-6-4-3-5-7-18)21(25)23-20(16-8-10-17(22)11-9-16)19-14-24(2)12-13-26-19/h3-11,15,19-20H,12-14H2,1-2H3,(H,23,25)/t15-,19+,20+/m0/s1. The third-order valence-corrected chi connectivity index (χ3v) is 4.87. The van der Waals surface area contributed by atoms with Gasteiger partial charge in [-0.25, -0.2) is 0 Å². The zero-order valence-electron chi connectivity index (χ0n) is 15.6. The topological polar surface area (TPSA) is 50.8 Å². The van der Waals surface area contributed by atoms with E-state index in [4.69, 9.17) is 21.1 Å². The third kappa shape index (κ3) is 5.45. The van der Waals surface area contributed by atoms with Gasteiger partial charge in [-0.3, -0.25) is 4.79 Å². The monoisotopic (exact) mass is 388 g/mol. The molecule has 0 bridgehead atoms. The number of rotatable bonds is 6. The van der Waals surface area contributed by atoms with E-state index >= 15 is 0 Å². The van der Waals surface area contributed by atoms with E-state index in [-0.39, 0.29) is 18.1 Å². The molecule has 2 aromatic rings. The van der Waals surface area contributed by atoms with Gasteiger partial charge in [-0.05, 0) is 43.8 Å². The zero-order valence-corrected chi connectivity index (χ0v) is 16.4. The van der Waals surface area contributed by atoms with Gasteiger partial charge in [0.15, 0.2) is 6.10 Å². The molecular formula is C21H25ClN2O3. The van der Waals surface area contributed by atoms with E-state index in [1.54, 1.807) is 6.92 Å². The lowest BCUT2D eigenvalue weighted by atomic mass is 9.99. The van der Waals surface area contributed by atoms with Crippen LogP contribution in [0.4, 0.5) is 0 Å². The van der Waals surface area contributed by atoms with Gasteiger partial charge in [-0.2, -0.15) is 0 Å². The fraction of sp³-hybridized carbons (Fsp3) is 0.381. The predicted molar refractivity (Wildman–Crippen MR) is 106 cm³/mol. The van der Waals surface area contributed by atoms with Crippen LogP contribution in [-0.4, -0.2) is 49.8 Å². The van der Waals surface area contributed by atoms with Crippen molar-refractivity contribution in [1.29, 1.82) is 0 Å². The van der Waals surface area contributed by atoms with Crippen molar-refractivity contribution in [2.24, 2.45) is 0 Å². The molecule has 5 nitrogen and oxygen atoms in total. The summed E-state index contributed by atoms with van der Waals surface area (Å²) in [7, 11) is 2.05. The van der Waals surface area contributed by atoms with Crippen LogP contribution >= 0.6 is 11.6 Å². The quantitative estimate of drug-likeness (QED) is 0.825. The Balaban J connectivity index is 1.73. The summed E-state index contributed by atoms with van der Waals surface area (Å²) in [5.74, 6) is 0.479. The lowest BCUT2D eigenvalue weighted by Crippen LogP contribution is -2.49. The van der Waals surface area contributed by atoms with E-state index in [0.717, 1.165) is 18.7 Å². The van der Waals surface area contributed by atoms with Crippen molar-refractivity contribution < 1.29 is 14.3 Å². The summed E-state index contributed by atoms with van der Waals surface area (Å²) in [4.78, 5) is 15.0. The van der Waals surface area contributed by atoms with Crippen molar-refractivity contribution in [2.45, 2.75) is 25.2 Å². The number of nitrogens with one attached hydrogen (secondary N) is 1. The number of amides is 1. The summed E-state index contributed by atoms with van der Waals surface area (Å²) >= 11 is 6.02. The highest BCUT2D eigenvalue weighted by molar-refractivity contribution is 6.30. The molecule has 3 atom stereocenters. The molecule has 3 rings (SSSR count). The van der Waals surface area contributed by atoms with Crippen LogP contribution in [0.2, 0.25) is 5.02 Å². The Labute approximate surface area is 165 Å². The number of morpholine rings is 1. The van der Waals surface area contributed by atoms with E-state index in [1.807, 2.05) is 54.6 Å². The number of halogens is 1. The van der Waals surface area contributed by atoms with Crippen LogP contribution in [0.25, 0.3) is 0 Å². The molecule has 1 amide bonds. The van der Waals surface area contributed by atoms with Gasteiger partial charge in [0.25, 0.3) is 5.91 Å². The molecule has 1 fully saturated rings. The van der Waals surface area contributed by atoms with Crippen molar-refractivity contribution in [2.75, 3.05) is 26.7 Å². The summed E-state index contributed by atoms with van der Waals surface area (Å²) in [5, 5.41) is 3.76. The summed E-state index contributed by atoms with van der Waals surface area (Å²) in [6.45, 7) is 4.00. The smallest absolute Gasteiger partial charge is 0.261 e. The van der Waals surface area contributed by atoms with E-state index in [0.29, 0.717) is 17.4 Å². The van der Waals surface area contributed by atoms with Crippen LogP contribution in [0.1, 0.15) is 18.5 Å². The lowest BCUT2D eigenvalue weighted by Gasteiger charge is -2.36. The molecule has 0 spiro atoms. The highest BCUT2D eigenvalue weighted by atomic mass is 35.5. The van der Waals surface area contributed by atoms with Gasteiger partial charge in [-0.15, -0.1) is 0 Å². The van der Waals surface area contributed by atoms with Crippen LogP contribution in [0.5, 0.6) is 5.75 Å². The normalized spacial score (nSPS) is 19.9. The summed E-state index contributed by atoms with van der Waals surface area (Å²) in [6, 6.07) is 16.6. The van der Waals surface area contributed by atoms with Crippen LogP contribution in [0.15, 0.2) is 54.6 Å². The SMILES string of the molecule is C[C@H](Oc1ccccc1)C(=O)N[C@H](c1ccc(Cl)cc1)[C@H]1CN(C)CCO1. The Morgan fingerprint density at radius 1 is 1.22 bits per heavy atom. The van der Waals surface area contributed by atoms with Gasteiger partial charge in [0.2, 0.25) is 0 Å². The van der Waals surface area contributed by atoms with E-state index in [2.05, 4.69) is 17.3 Å². The fourth-order valence-corrected chi connectivity index (χ4v) is 3.23. The van der Waals surface area contributed by atoms with Crippen LogP contribution in [0, 0.1) is 0 Å². The molecular weight excluding hydrogens is 364 g/mol. The summed E-state index contributed by atoms with van der Waals surface area (Å²) in [5.41, 5.74) is 0.958. The van der Waals surface area contributed by atoms with Crippen molar-refractivity contribution in [1.82, 2.24) is 10.2 Å². The van der Waals surface area contributed by atoms with Crippen molar-refractivity contribution in [3.05, 3.63) is 65.2 Å². The Bertz CT molecular complexity index is 739. The minimum Gasteiger partial charge on any atom is -0.481 e. The Hall–Kier alpha value is -2.08. The maximum Gasteiger partial charge on any atom is 0.261 e. The number of carbonyl (C=O) groups is 1. The number of likely N-dealkylation sites (N-methyl/N-ethyl adjacent to an activating group) is 1. The Morgan fingerprint density at radius 3 is 2.59 bits per heavy atom. The number of hydrogen-bond acceptors (Lipinski definition) is 4. The van der Waals surface area contributed by atoms with Gasteiger partial charge in [0.1, 0.15) is 5.75 Å². The number of hydrogen-bond donors (Lipinski definition) is 1. The molecule has 0 aromatic heterocycles. The maximum absolute atomic E-state index is 12.8. The average Bonchev–Trinajstić information content (AvgIpc) is 2.67. The number of carbonyl (C=O) groups excluding carboxylic acids is 1. The Morgan fingerprint density at radius 2 is 1.93 bits per heavy atom. The molecule has 1 aliphatic rings. The van der Waals surface area contributed by atoms with Gasteiger partial charge in [0.05, 0.1) is 18.8 Å². The molecule has 0 unspecified atom stereocenters. The van der Waals surface area contributed by atoms with Crippen molar-refractivity contribution in [3.8, 4) is 5.75 Å². The first kappa shape index (κ1) is 19.7. The van der Waals surface area contributed by atoms with E-state index < -0.39 is 6.10 Å². The fourth-order valence-electron chi connectivity index (χ4n) is 3.10. The molecule has 144 valence electrons. The predicted octanol–water partition coefficient (Wildman–Crippen LogP) is 3.30. The van der Waals surface area contributed by atoms with E-state index in [9.17, 15) is 4.79 Å². The second-order valence-corrected chi connectivity index (χ2v) is 7.22. The van der Waals surface area contributed by atoms with Gasteiger partial charge in [-0.1, -0.05) is 41.9 Å². The number of ether oxygens (including phenoxy) is 2. The van der Waals surface area contributed by atoms with Gasteiger partial charge < -0.3 is 19.7 Å². The first-order chi connectivity index (χ1) is 13.0. The summed E-state index contributed by atoms with van der Waals surface area (Å²) < 4.78 is 11.7. The van der Waals surface area contributed by atoms with Crippen molar-refractivity contribution >= 4 is 17.5 Å². The molecule has 6 heteroatoms. The molecule has 1 aliphatic heterocycles. The molecule has 1 heterocycles. The Kier molecular flexibility index (Phi) is 6.72. The van der Waals surface area contributed by atoms with Crippen LogP contribution < -0.4 is 10.1 Å². The zero-order chi connectivity index (χ0) is 19.2. The van der Waals surface area contributed by atoms with Gasteiger partial charge in [0, 0.05) is 18.1 Å². The summed E-state index contributed by atoms with van der Waals surface area (Å²) in [6.07, 6.45) is -0.763. The average molecular weight is 389 g/mol. The third-order valence-electron chi connectivity index (χ3n) is 4.62. The first-order valence-corrected chi connectivity index (χ1v) is 9.48. The molecule has 0 aliphatic carbocycles.